The van der Waals surface area contributed by atoms with Crippen molar-refractivity contribution < 1.29 is 4.79 Å². The van der Waals surface area contributed by atoms with Crippen LogP contribution in [0.3, 0.4) is 0 Å². The second-order valence-electron chi connectivity index (χ2n) is 4.94. The largest absolute Gasteiger partial charge is 0.347 e. The molecule has 1 N–H and O–H groups in total. The Balaban J connectivity index is 1.81. The number of benzene rings is 2. The second-order valence-corrected chi connectivity index (χ2v) is 6.15. The van der Waals surface area contributed by atoms with E-state index >= 15 is 0 Å². The van der Waals surface area contributed by atoms with Crippen molar-refractivity contribution in [1.29, 1.82) is 0 Å². The zero-order valence-corrected chi connectivity index (χ0v) is 13.1. The number of amides is 1. The Kier molecular flexibility index (Phi) is 4.30. The lowest BCUT2D eigenvalue weighted by Gasteiger charge is -2.05. The van der Waals surface area contributed by atoms with Crippen molar-refractivity contribution in [3.63, 3.8) is 0 Å². The Labute approximate surface area is 133 Å². The van der Waals surface area contributed by atoms with Gasteiger partial charge in [0.2, 0.25) is 0 Å². The highest BCUT2D eigenvalue weighted by Gasteiger charge is 2.17. The van der Waals surface area contributed by atoms with E-state index in [4.69, 9.17) is 0 Å². The molecule has 0 aliphatic carbocycles. The molecule has 110 valence electrons. The van der Waals surface area contributed by atoms with Crippen LogP contribution in [0.1, 0.15) is 21.1 Å². The van der Waals surface area contributed by atoms with Gasteiger partial charge in [0, 0.05) is 6.54 Å². The van der Waals surface area contributed by atoms with E-state index in [0.29, 0.717) is 12.2 Å². The first-order valence-electron chi connectivity index (χ1n) is 7.09. The molecule has 1 heterocycles. The average Bonchev–Trinajstić information content (AvgIpc) is 2.96. The van der Waals surface area contributed by atoms with E-state index in [1.807, 2.05) is 67.6 Å². The maximum absolute atomic E-state index is 12.5. The van der Waals surface area contributed by atoms with Crippen molar-refractivity contribution in [1.82, 2.24) is 10.3 Å². The molecule has 2 aromatic carbocycles. The lowest BCUT2D eigenvalue weighted by Crippen LogP contribution is -2.23. The predicted molar refractivity (Wildman–Crippen MR) is 89.9 cm³/mol. The average molecular weight is 308 g/mol. The molecule has 3 nitrogen and oxygen atoms in total. The van der Waals surface area contributed by atoms with E-state index in [1.165, 1.54) is 0 Å². The quantitative estimate of drug-likeness (QED) is 0.790. The Hall–Kier alpha value is -2.46. The molecule has 0 unspecified atom stereocenters. The maximum Gasteiger partial charge on any atom is 0.271 e. The van der Waals surface area contributed by atoms with Crippen molar-refractivity contribution in [2.45, 2.75) is 13.5 Å². The van der Waals surface area contributed by atoms with Gasteiger partial charge in [0.05, 0.1) is 9.88 Å². The molecule has 4 heteroatoms. The van der Waals surface area contributed by atoms with Gasteiger partial charge in [-0.25, -0.2) is 4.98 Å². The standard InChI is InChI=1S/C18H16N2OS/c1-13-20-16(17(22-13)15-10-6-3-7-11-15)18(21)19-12-14-8-4-2-5-9-14/h2-11H,12H2,1H3,(H,19,21). The topological polar surface area (TPSA) is 42.0 Å². The third-order valence-corrected chi connectivity index (χ3v) is 4.30. The van der Waals surface area contributed by atoms with Gasteiger partial charge in [-0.05, 0) is 18.1 Å². The van der Waals surface area contributed by atoms with Crippen LogP contribution in [0.15, 0.2) is 60.7 Å². The number of hydrogen-bond acceptors (Lipinski definition) is 3. The first-order chi connectivity index (χ1) is 10.7. The van der Waals surface area contributed by atoms with Gasteiger partial charge in [0.1, 0.15) is 5.69 Å². The van der Waals surface area contributed by atoms with Gasteiger partial charge in [0.15, 0.2) is 0 Å². The molecule has 0 atom stereocenters. The van der Waals surface area contributed by atoms with Crippen LogP contribution in [0.2, 0.25) is 0 Å². The second kappa shape index (κ2) is 6.54. The van der Waals surface area contributed by atoms with E-state index in [9.17, 15) is 4.79 Å². The van der Waals surface area contributed by atoms with Crippen molar-refractivity contribution >= 4 is 17.2 Å². The fourth-order valence-corrected chi connectivity index (χ4v) is 3.15. The fourth-order valence-electron chi connectivity index (χ4n) is 2.23. The molecular weight excluding hydrogens is 292 g/mol. The van der Waals surface area contributed by atoms with Crippen LogP contribution < -0.4 is 5.32 Å². The molecule has 1 aromatic heterocycles. The van der Waals surface area contributed by atoms with Crippen LogP contribution in [0.4, 0.5) is 0 Å². The summed E-state index contributed by atoms with van der Waals surface area (Å²) in [4.78, 5) is 17.8. The summed E-state index contributed by atoms with van der Waals surface area (Å²) in [5.74, 6) is -0.132. The molecule has 0 radical (unpaired) electrons. The fraction of sp³-hybridized carbons (Fsp3) is 0.111. The Bertz CT molecular complexity index is 766. The summed E-state index contributed by atoms with van der Waals surface area (Å²) in [5, 5.41) is 3.84. The minimum absolute atomic E-state index is 0.132. The van der Waals surface area contributed by atoms with Crippen LogP contribution >= 0.6 is 11.3 Å². The molecule has 3 aromatic rings. The molecule has 0 aliphatic heterocycles. The van der Waals surface area contributed by atoms with Gasteiger partial charge in [-0.1, -0.05) is 60.7 Å². The summed E-state index contributed by atoms with van der Waals surface area (Å²) in [7, 11) is 0. The number of carbonyl (C=O) groups is 1. The minimum Gasteiger partial charge on any atom is -0.347 e. The van der Waals surface area contributed by atoms with Crippen molar-refractivity contribution in [2.24, 2.45) is 0 Å². The summed E-state index contributed by atoms with van der Waals surface area (Å²) in [5.41, 5.74) is 2.60. The van der Waals surface area contributed by atoms with Crippen LogP contribution in [0.25, 0.3) is 10.4 Å². The smallest absolute Gasteiger partial charge is 0.271 e. The SMILES string of the molecule is Cc1nc(C(=O)NCc2ccccc2)c(-c2ccccc2)s1. The van der Waals surface area contributed by atoms with E-state index in [2.05, 4.69) is 10.3 Å². The van der Waals surface area contributed by atoms with Gasteiger partial charge in [-0.2, -0.15) is 0 Å². The van der Waals surface area contributed by atoms with Crippen molar-refractivity contribution in [3.05, 3.63) is 76.9 Å². The molecule has 0 aliphatic rings. The van der Waals surface area contributed by atoms with Gasteiger partial charge >= 0.3 is 0 Å². The molecule has 0 saturated heterocycles. The van der Waals surface area contributed by atoms with E-state index in [1.54, 1.807) is 11.3 Å². The number of aryl methyl sites for hydroxylation is 1. The van der Waals surface area contributed by atoms with Crippen LogP contribution in [0, 0.1) is 6.92 Å². The molecule has 1 amide bonds. The van der Waals surface area contributed by atoms with Crippen LogP contribution in [-0.2, 0) is 6.54 Å². The summed E-state index contributed by atoms with van der Waals surface area (Å²) in [6, 6.07) is 19.8. The Morgan fingerprint density at radius 2 is 1.68 bits per heavy atom. The molecule has 0 fully saturated rings. The maximum atomic E-state index is 12.5. The Morgan fingerprint density at radius 3 is 2.36 bits per heavy atom. The number of thiazole rings is 1. The van der Waals surface area contributed by atoms with Gasteiger partial charge in [0.25, 0.3) is 5.91 Å². The van der Waals surface area contributed by atoms with Gasteiger partial charge in [-0.15, -0.1) is 11.3 Å². The summed E-state index contributed by atoms with van der Waals surface area (Å²) in [6.45, 7) is 2.43. The minimum atomic E-state index is -0.132. The van der Waals surface area contributed by atoms with Crippen LogP contribution in [-0.4, -0.2) is 10.9 Å². The van der Waals surface area contributed by atoms with Crippen molar-refractivity contribution in [3.8, 4) is 10.4 Å². The lowest BCUT2D eigenvalue weighted by molar-refractivity contribution is 0.0947. The number of rotatable bonds is 4. The number of carbonyl (C=O) groups excluding carboxylic acids is 1. The van der Waals surface area contributed by atoms with Gasteiger partial charge < -0.3 is 5.32 Å². The zero-order valence-electron chi connectivity index (χ0n) is 12.2. The normalized spacial score (nSPS) is 10.4. The third kappa shape index (κ3) is 3.23. The molecule has 0 saturated carbocycles. The van der Waals surface area contributed by atoms with E-state index < -0.39 is 0 Å². The highest BCUT2D eigenvalue weighted by molar-refractivity contribution is 7.15. The van der Waals surface area contributed by atoms with Crippen LogP contribution in [0.5, 0.6) is 0 Å². The molecule has 22 heavy (non-hydrogen) atoms. The molecule has 0 bridgehead atoms. The zero-order chi connectivity index (χ0) is 15.4. The highest BCUT2D eigenvalue weighted by Crippen LogP contribution is 2.29. The number of hydrogen-bond donors (Lipinski definition) is 1. The Morgan fingerprint density at radius 1 is 1.05 bits per heavy atom. The molecular formula is C18H16N2OS. The van der Waals surface area contributed by atoms with E-state index in [0.717, 1.165) is 21.0 Å². The monoisotopic (exact) mass is 308 g/mol. The summed E-state index contributed by atoms with van der Waals surface area (Å²) >= 11 is 1.55. The number of aromatic nitrogens is 1. The first kappa shape index (κ1) is 14.5. The number of nitrogens with zero attached hydrogens (tertiary/aromatic N) is 1. The van der Waals surface area contributed by atoms with Gasteiger partial charge in [-0.3, -0.25) is 4.79 Å². The highest BCUT2D eigenvalue weighted by atomic mass is 32.1. The molecule has 0 spiro atoms. The van der Waals surface area contributed by atoms with E-state index in [-0.39, 0.29) is 5.91 Å². The third-order valence-electron chi connectivity index (χ3n) is 3.28. The van der Waals surface area contributed by atoms with Crippen molar-refractivity contribution in [2.75, 3.05) is 0 Å². The molecule has 3 rings (SSSR count). The summed E-state index contributed by atoms with van der Waals surface area (Å²) < 4.78 is 0. The predicted octanol–water partition coefficient (Wildman–Crippen LogP) is 4.05. The first-order valence-corrected chi connectivity index (χ1v) is 7.90. The summed E-state index contributed by atoms with van der Waals surface area (Å²) in [6.07, 6.45) is 0. The lowest BCUT2D eigenvalue weighted by atomic mass is 10.1. The number of nitrogens with one attached hydrogen (secondary N) is 1.